The third kappa shape index (κ3) is 2.12. The topological polar surface area (TPSA) is 39.4 Å². The predicted octanol–water partition coefficient (Wildman–Crippen LogP) is 0.173. The summed E-state index contributed by atoms with van der Waals surface area (Å²) in [5, 5.41) is 0. The van der Waals surface area contributed by atoms with E-state index < -0.39 is 0 Å². The molecule has 3 nitrogen and oxygen atoms in total. The van der Waals surface area contributed by atoms with E-state index in [9.17, 15) is 4.79 Å². The molecule has 0 aliphatic rings. The summed E-state index contributed by atoms with van der Waals surface area (Å²) in [5.41, 5.74) is 0. The van der Waals surface area contributed by atoms with Crippen LogP contribution in [0.2, 0.25) is 0 Å². The summed E-state index contributed by atoms with van der Waals surface area (Å²) in [4.78, 5) is 11.1. The van der Waals surface area contributed by atoms with E-state index in [0.29, 0.717) is 58.0 Å². The van der Waals surface area contributed by atoms with Gasteiger partial charge in [-0.2, -0.15) is 0 Å². The van der Waals surface area contributed by atoms with Gasteiger partial charge in [-0.25, -0.2) is 0 Å². The van der Waals surface area contributed by atoms with Crippen molar-refractivity contribution in [2.24, 2.45) is 0 Å². The van der Waals surface area contributed by atoms with E-state index in [1.165, 1.54) is 10.2 Å². The van der Waals surface area contributed by atoms with Crippen LogP contribution in [0.4, 0.5) is 0 Å². The van der Waals surface area contributed by atoms with Crippen LogP contribution >= 0.6 is 15.9 Å². The Kier molecular flexibility index (Phi) is 4.24. The molecule has 0 radical (unpaired) electrons. The molecule has 12 heavy (non-hydrogen) atoms. The number of carbonyl (C=O) groups is 1. The molecule has 1 heterocycles. The van der Waals surface area contributed by atoms with Crippen LogP contribution in [0, 0.1) is 0 Å². The molecule has 0 saturated heterocycles. The monoisotopic (exact) mass is 606 g/mol. The Labute approximate surface area is 110 Å². The molecular formula is C6H3BrHg2O3. The molecular weight excluding hydrogens is 601 g/mol. The van der Waals surface area contributed by atoms with Crippen molar-refractivity contribution in [1.29, 1.82) is 0 Å². The average molecular weight is 604 g/mol. The zero-order chi connectivity index (χ0) is 9.30. The maximum absolute atomic E-state index is 11.1. The van der Waals surface area contributed by atoms with Crippen molar-refractivity contribution in [3.8, 4) is 0 Å². The summed E-state index contributed by atoms with van der Waals surface area (Å²) in [6.45, 7) is 0. The van der Waals surface area contributed by atoms with Crippen LogP contribution < -0.4 is 6.14 Å². The summed E-state index contributed by atoms with van der Waals surface area (Å²) in [5.74, 6) is 0.0371. The quantitative estimate of drug-likeness (QED) is 0.340. The van der Waals surface area contributed by atoms with Crippen molar-refractivity contribution >= 4 is 28.0 Å². The molecule has 0 aliphatic carbocycles. The molecule has 6 heteroatoms. The Balaban J connectivity index is 3.17. The standard InChI is InChI=1S/C6H3BrO3.2Hg/c1-9-6(8)4-2-3-5(7)10-4;;/h1H3;;. The minimum atomic E-state index is -0.364. The van der Waals surface area contributed by atoms with Crippen molar-refractivity contribution in [2.45, 2.75) is 0 Å². The van der Waals surface area contributed by atoms with E-state index in [1.54, 1.807) is 0 Å². The van der Waals surface area contributed by atoms with E-state index >= 15 is 0 Å². The van der Waals surface area contributed by atoms with Crippen molar-refractivity contribution in [1.82, 2.24) is 0 Å². The van der Waals surface area contributed by atoms with Gasteiger partial charge in [0.25, 0.3) is 0 Å². The summed E-state index contributed by atoms with van der Waals surface area (Å²) in [6, 6.07) is 0. The van der Waals surface area contributed by atoms with Crippen molar-refractivity contribution in [2.75, 3.05) is 7.11 Å². The number of furan rings is 1. The van der Waals surface area contributed by atoms with Crippen LogP contribution in [-0.2, 0) is 57.0 Å². The number of esters is 1. The molecule has 1 aromatic heterocycles. The van der Waals surface area contributed by atoms with E-state index in [0.717, 1.165) is 7.74 Å². The Morgan fingerprint density at radius 3 is 2.42 bits per heavy atom. The normalized spacial score (nSPS) is 10.2. The first-order valence-electron chi connectivity index (χ1n) is 3.12. The minimum absolute atomic E-state index is 0.364. The van der Waals surface area contributed by atoms with Crippen molar-refractivity contribution in [3.63, 3.8) is 0 Å². The number of carbonyl (C=O) groups excluding carboxylic acids is 1. The first-order valence-corrected chi connectivity index (χ1v) is 9.41. The fourth-order valence-electron chi connectivity index (χ4n) is 0.726. The predicted molar refractivity (Wildman–Crippen MR) is 37.0 cm³/mol. The first-order chi connectivity index (χ1) is 5.57. The Morgan fingerprint density at radius 2 is 2.08 bits per heavy atom. The van der Waals surface area contributed by atoms with Crippen LogP contribution in [0.25, 0.3) is 0 Å². The molecule has 1 aromatic rings. The van der Waals surface area contributed by atoms with Crippen molar-refractivity contribution < 1.29 is 66.2 Å². The number of hydrogen-bond acceptors (Lipinski definition) is 3. The van der Waals surface area contributed by atoms with E-state index in [1.807, 2.05) is 0 Å². The third-order valence-corrected chi connectivity index (χ3v) is 17.5. The summed E-state index contributed by atoms with van der Waals surface area (Å²) in [6.07, 6.45) is 0. The van der Waals surface area contributed by atoms with Gasteiger partial charge < -0.3 is 0 Å². The maximum atomic E-state index is 11.1. The van der Waals surface area contributed by atoms with Gasteiger partial charge in [0, 0.05) is 0 Å². The Hall–Kier alpha value is 1.10. The number of rotatable bonds is 1. The second-order valence-corrected chi connectivity index (χ2v) is 8.37. The van der Waals surface area contributed by atoms with E-state index in [2.05, 4.69) is 20.7 Å². The second kappa shape index (κ2) is 4.55. The number of methoxy groups -OCH3 is 1. The molecule has 56 valence electrons. The first kappa shape index (κ1) is 11.2. The second-order valence-electron chi connectivity index (χ2n) is 2.15. The fourth-order valence-corrected chi connectivity index (χ4v) is 4.50. The molecule has 0 N–H and O–H groups in total. The van der Waals surface area contributed by atoms with Gasteiger partial charge in [0.2, 0.25) is 0 Å². The number of ether oxygens (including phenoxy) is 1. The Bertz CT molecular complexity index is 321. The molecule has 0 atom stereocenters. The van der Waals surface area contributed by atoms with Crippen LogP contribution in [-0.4, -0.2) is 13.1 Å². The van der Waals surface area contributed by atoms with Crippen LogP contribution in [0.3, 0.4) is 0 Å². The molecule has 0 saturated carbocycles. The van der Waals surface area contributed by atoms with Gasteiger partial charge in [-0.05, 0) is 0 Å². The molecule has 0 spiro atoms. The molecule has 0 aliphatic heterocycles. The summed E-state index contributed by atoms with van der Waals surface area (Å²) in [7, 11) is 1.36. The van der Waals surface area contributed by atoms with E-state index in [4.69, 9.17) is 4.42 Å². The zero-order valence-corrected chi connectivity index (χ0v) is 19.1. The molecule has 0 unspecified atom stereocenters. The van der Waals surface area contributed by atoms with Gasteiger partial charge >= 0.3 is 112 Å². The van der Waals surface area contributed by atoms with Crippen LogP contribution in [0.1, 0.15) is 10.6 Å². The number of halogens is 1. The van der Waals surface area contributed by atoms with Gasteiger partial charge in [-0.1, -0.05) is 0 Å². The number of hydrogen-bond donors (Lipinski definition) is 0. The average Bonchev–Trinajstić information content (AvgIpc) is 2.32. The molecule has 0 bridgehead atoms. The molecule has 0 aromatic carbocycles. The summed E-state index contributed by atoms with van der Waals surface area (Å²) < 4.78 is 12.8. The third-order valence-electron chi connectivity index (χ3n) is 1.44. The van der Waals surface area contributed by atoms with Gasteiger partial charge in [0.05, 0.1) is 0 Å². The van der Waals surface area contributed by atoms with Gasteiger partial charge in [-0.3, -0.25) is 0 Å². The molecule has 0 amide bonds. The van der Waals surface area contributed by atoms with Crippen LogP contribution in [0.15, 0.2) is 9.09 Å². The van der Waals surface area contributed by atoms with Gasteiger partial charge in [0.1, 0.15) is 0 Å². The zero-order valence-electron chi connectivity index (χ0n) is 6.52. The molecule has 0 fully saturated rings. The molecule has 1 rings (SSSR count). The fraction of sp³-hybridized carbons (Fsp3) is 0.167. The Morgan fingerprint density at radius 1 is 1.50 bits per heavy atom. The van der Waals surface area contributed by atoms with E-state index in [-0.39, 0.29) is 5.97 Å². The van der Waals surface area contributed by atoms with Crippen LogP contribution in [0.5, 0.6) is 0 Å². The summed E-state index contributed by atoms with van der Waals surface area (Å²) >= 11 is 4.17. The van der Waals surface area contributed by atoms with Crippen molar-refractivity contribution in [3.05, 3.63) is 10.4 Å². The van der Waals surface area contributed by atoms with Gasteiger partial charge in [0.15, 0.2) is 0 Å². The SMILES string of the molecule is COC(=O)c1oc(Br)[c]([Hg])[c]1[Hg]. The van der Waals surface area contributed by atoms with Gasteiger partial charge in [-0.15, -0.1) is 0 Å².